The van der Waals surface area contributed by atoms with Crippen LogP contribution in [0.4, 0.5) is 8.78 Å². The van der Waals surface area contributed by atoms with E-state index < -0.39 is 11.6 Å². The number of rotatable bonds is 8. The van der Waals surface area contributed by atoms with Gasteiger partial charge in [0.2, 0.25) is 0 Å². The molecule has 1 N–H and O–H groups in total. The average Bonchev–Trinajstić information content (AvgIpc) is 2.34. The number of hydrogen-bond acceptors (Lipinski definition) is 3. The van der Waals surface area contributed by atoms with Gasteiger partial charge in [-0.1, -0.05) is 6.07 Å². The third-order valence-electron chi connectivity index (χ3n) is 2.64. The number of ether oxygens (including phenoxy) is 1. The lowest BCUT2D eigenvalue weighted by atomic mass is 10.2. The van der Waals surface area contributed by atoms with Crippen molar-refractivity contribution in [2.24, 2.45) is 0 Å². The predicted octanol–water partition coefficient (Wildman–Crippen LogP) is 1.63. The Bertz CT molecular complexity index is 341. The standard InChI is InChI=1S/C13H20F2N2O/c1-17(8-6-16-7-9-18-2)10-11-12(14)4-3-5-13(11)15/h3-5,16H,6-10H2,1-2H3. The second-order valence-electron chi connectivity index (χ2n) is 4.18. The summed E-state index contributed by atoms with van der Waals surface area (Å²) in [6.45, 7) is 3.18. The van der Waals surface area contributed by atoms with Gasteiger partial charge < -0.3 is 15.0 Å². The van der Waals surface area contributed by atoms with Crippen molar-refractivity contribution < 1.29 is 13.5 Å². The molecule has 1 rings (SSSR count). The molecular weight excluding hydrogens is 238 g/mol. The van der Waals surface area contributed by atoms with Gasteiger partial charge in [0.25, 0.3) is 0 Å². The molecule has 0 aliphatic rings. The summed E-state index contributed by atoms with van der Waals surface area (Å²) in [4.78, 5) is 1.88. The molecule has 5 heteroatoms. The average molecular weight is 258 g/mol. The van der Waals surface area contributed by atoms with Gasteiger partial charge in [-0.2, -0.15) is 0 Å². The summed E-state index contributed by atoms with van der Waals surface area (Å²) >= 11 is 0. The smallest absolute Gasteiger partial charge is 0.130 e. The molecule has 1 aromatic carbocycles. The van der Waals surface area contributed by atoms with E-state index in [1.807, 2.05) is 11.9 Å². The van der Waals surface area contributed by atoms with Crippen LogP contribution < -0.4 is 5.32 Å². The third-order valence-corrected chi connectivity index (χ3v) is 2.64. The SMILES string of the molecule is COCCNCCN(C)Cc1c(F)cccc1F. The van der Waals surface area contributed by atoms with Crippen LogP contribution in [0.15, 0.2) is 18.2 Å². The lowest BCUT2D eigenvalue weighted by molar-refractivity contribution is 0.197. The molecule has 0 aliphatic heterocycles. The van der Waals surface area contributed by atoms with Gasteiger partial charge in [-0.05, 0) is 19.2 Å². The minimum atomic E-state index is -0.491. The van der Waals surface area contributed by atoms with Gasteiger partial charge in [0.05, 0.1) is 6.61 Å². The third kappa shape index (κ3) is 5.08. The van der Waals surface area contributed by atoms with Crippen LogP contribution in [0.3, 0.4) is 0 Å². The van der Waals surface area contributed by atoms with Crippen LogP contribution in [-0.4, -0.2) is 45.3 Å². The Labute approximate surface area is 107 Å². The first-order chi connectivity index (χ1) is 8.65. The number of halogens is 2. The lowest BCUT2D eigenvalue weighted by Gasteiger charge is -2.17. The topological polar surface area (TPSA) is 24.5 Å². The van der Waals surface area contributed by atoms with E-state index in [0.29, 0.717) is 6.61 Å². The minimum Gasteiger partial charge on any atom is -0.383 e. The molecule has 0 aromatic heterocycles. The first-order valence-corrected chi connectivity index (χ1v) is 5.96. The van der Waals surface area contributed by atoms with Gasteiger partial charge >= 0.3 is 0 Å². The Morgan fingerprint density at radius 1 is 1.22 bits per heavy atom. The lowest BCUT2D eigenvalue weighted by Crippen LogP contribution is -2.31. The van der Waals surface area contributed by atoms with Crippen molar-refractivity contribution in [2.45, 2.75) is 6.54 Å². The van der Waals surface area contributed by atoms with Crippen molar-refractivity contribution in [1.29, 1.82) is 0 Å². The maximum absolute atomic E-state index is 13.4. The van der Waals surface area contributed by atoms with Gasteiger partial charge in [-0.25, -0.2) is 8.78 Å². The second-order valence-corrected chi connectivity index (χ2v) is 4.18. The molecule has 18 heavy (non-hydrogen) atoms. The molecule has 0 saturated heterocycles. The minimum absolute atomic E-state index is 0.122. The van der Waals surface area contributed by atoms with Crippen LogP contribution in [-0.2, 0) is 11.3 Å². The van der Waals surface area contributed by atoms with E-state index in [9.17, 15) is 8.78 Å². The molecule has 0 amide bonds. The van der Waals surface area contributed by atoms with Crippen molar-refractivity contribution in [3.05, 3.63) is 35.4 Å². The largest absolute Gasteiger partial charge is 0.383 e. The maximum Gasteiger partial charge on any atom is 0.130 e. The van der Waals surface area contributed by atoms with Gasteiger partial charge in [0, 0.05) is 38.9 Å². The number of likely N-dealkylation sites (N-methyl/N-ethyl adjacent to an activating group) is 1. The van der Waals surface area contributed by atoms with Gasteiger partial charge in [-0.3, -0.25) is 0 Å². The number of nitrogens with one attached hydrogen (secondary N) is 1. The number of benzene rings is 1. The first kappa shape index (κ1) is 15.0. The Balaban J connectivity index is 2.33. The molecule has 1 aromatic rings. The maximum atomic E-state index is 13.4. The summed E-state index contributed by atoms with van der Waals surface area (Å²) in [5, 5.41) is 3.18. The van der Waals surface area contributed by atoms with Gasteiger partial charge in [0.1, 0.15) is 11.6 Å². The van der Waals surface area contributed by atoms with E-state index in [0.717, 1.165) is 19.6 Å². The summed E-state index contributed by atoms with van der Waals surface area (Å²) in [6, 6.07) is 3.94. The fraction of sp³-hybridized carbons (Fsp3) is 0.538. The highest BCUT2D eigenvalue weighted by Gasteiger charge is 2.10. The van der Waals surface area contributed by atoms with Gasteiger partial charge in [-0.15, -0.1) is 0 Å². The number of hydrogen-bond donors (Lipinski definition) is 1. The highest BCUT2D eigenvalue weighted by Crippen LogP contribution is 2.13. The van der Waals surface area contributed by atoms with Crippen molar-refractivity contribution in [3.63, 3.8) is 0 Å². The first-order valence-electron chi connectivity index (χ1n) is 5.96. The molecule has 0 saturated carbocycles. The van der Waals surface area contributed by atoms with Crippen LogP contribution in [0.2, 0.25) is 0 Å². The normalized spacial score (nSPS) is 11.2. The molecule has 3 nitrogen and oxygen atoms in total. The van der Waals surface area contributed by atoms with Crippen LogP contribution in [0, 0.1) is 11.6 Å². The summed E-state index contributed by atoms with van der Waals surface area (Å²) in [5.74, 6) is -0.983. The zero-order chi connectivity index (χ0) is 13.4. The fourth-order valence-electron chi connectivity index (χ4n) is 1.60. The van der Waals surface area contributed by atoms with Crippen LogP contribution in [0.1, 0.15) is 5.56 Å². The monoisotopic (exact) mass is 258 g/mol. The van der Waals surface area contributed by atoms with E-state index in [4.69, 9.17) is 4.74 Å². The summed E-state index contributed by atoms with van der Waals surface area (Å²) in [6.07, 6.45) is 0. The van der Waals surface area contributed by atoms with Gasteiger partial charge in [0.15, 0.2) is 0 Å². The van der Waals surface area contributed by atoms with E-state index in [1.165, 1.54) is 18.2 Å². The molecule has 0 spiro atoms. The second kappa shape index (κ2) is 8.13. The zero-order valence-corrected chi connectivity index (χ0v) is 10.9. The molecule has 102 valence electrons. The Hall–Kier alpha value is -1.04. The molecule has 0 aliphatic carbocycles. The van der Waals surface area contributed by atoms with Crippen LogP contribution in [0.25, 0.3) is 0 Å². The van der Waals surface area contributed by atoms with E-state index in [2.05, 4.69) is 5.32 Å². The summed E-state index contributed by atoms with van der Waals surface area (Å²) in [5.41, 5.74) is 0.122. The Morgan fingerprint density at radius 3 is 2.50 bits per heavy atom. The van der Waals surface area contributed by atoms with Crippen molar-refractivity contribution >= 4 is 0 Å². The summed E-state index contributed by atoms with van der Waals surface area (Å²) < 4.78 is 31.7. The van der Waals surface area contributed by atoms with Crippen molar-refractivity contribution in [2.75, 3.05) is 40.4 Å². The van der Waals surface area contributed by atoms with E-state index in [-0.39, 0.29) is 12.1 Å². The molecule has 0 bridgehead atoms. The molecular formula is C13H20F2N2O. The van der Waals surface area contributed by atoms with Crippen LogP contribution in [0.5, 0.6) is 0 Å². The molecule has 0 radical (unpaired) electrons. The predicted molar refractivity (Wildman–Crippen MR) is 67.4 cm³/mol. The molecule has 0 fully saturated rings. The molecule has 0 unspecified atom stereocenters. The Morgan fingerprint density at radius 2 is 1.89 bits per heavy atom. The quantitative estimate of drug-likeness (QED) is 0.717. The fourth-order valence-corrected chi connectivity index (χ4v) is 1.60. The number of nitrogens with zero attached hydrogens (tertiary/aromatic N) is 1. The summed E-state index contributed by atoms with van der Waals surface area (Å²) in [7, 11) is 3.48. The van der Waals surface area contributed by atoms with Crippen molar-refractivity contribution in [1.82, 2.24) is 10.2 Å². The highest BCUT2D eigenvalue weighted by atomic mass is 19.1. The Kier molecular flexibility index (Phi) is 6.78. The van der Waals surface area contributed by atoms with E-state index >= 15 is 0 Å². The highest BCUT2D eigenvalue weighted by molar-refractivity contribution is 5.19. The molecule has 0 heterocycles. The molecule has 0 atom stereocenters. The van der Waals surface area contributed by atoms with Crippen molar-refractivity contribution in [3.8, 4) is 0 Å². The number of methoxy groups -OCH3 is 1. The van der Waals surface area contributed by atoms with Crippen LogP contribution >= 0.6 is 0 Å². The zero-order valence-electron chi connectivity index (χ0n) is 10.9. The van der Waals surface area contributed by atoms with E-state index in [1.54, 1.807) is 7.11 Å².